The van der Waals surface area contributed by atoms with Crippen molar-refractivity contribution in [3.63, 3.8) is 0 Å². The maximum Gasteiger partial charge on any atom is 0.271 e. The molecule has 0 bridgehead atoms. The summed E-state index contributed by atoms with van der Waals surface area (Å²) < 4.78 is 1.65. The van der Waals surface area contributed by atoms with Crippen LogP contribution in [0.5, 0.6) is 0 Å². The number of hydrogen-bond donors (Lipinski definition) is 1. The van der Waals surface area contributed by atoms with E-state index >= 15 is 0 Å². The molecule has 0 radical (unpaired) electrons. The summed E-state index contributed by atoms with van der Waals surface area (Å²) in [5.74, 6) is -0.347. The summed E-state index contributed by atoms with van der Waals surface area (Å²) in [4.78, 5) is 31.6. The van der Waals surface area contributed by atoms with Crippen LogP contribution in [0.25, 0.3) is 4.96 Å². The first-order valence-electron chi connectivity index (χ1n) is 8.99. The minimum absolute atomic E-state index is 0.123. The van der Waals surface area contributed by atoms with Crippen LogP contribution in [0, 0.1) is 6.92 Å². The van der Waals surface area contributed by atoms with Crippen molar-refractivity contribution in [1.82, 2.24) is 14.7 Å². The Morgan fingerprint density at radius 3 is 2.81 bits per heavy atom. The second kappa shape index (κ2) is 7.03. The van der Waals surface area contributed by atoms with E-state index in [2.05, 4.69) is 34.6 Å². The number of rotatable bonds is 4. The highest BCUT2D eigenvalue weighted by Gasteiger charge is 2.21. The standard InChI is InChI=1S/C20H21N3O2S/c1-13-6-8-14(9-7-13)10-11-21-18(24)15-12-22-20-23(19(15)25)16-4-2-3-5-17(16)26-20/h6-9,12H,2-5,10-11H2,1H3,(H,21,24). The molecule has 4 rings (SSSR count). The first-order chi connectivity index (χ1) is 12.6. The monoisotopic (exact) mass is 367 g/mol. The van der Waals surface area contributed by atoms with Crippen LogP contribution in [0.2, 0.25) is 0 Å². The van der Waals surface area contributed by atoms with E-state index in [9.17, 15) is 9.59 Å². The van der Waals surface area contributed by atoms with Crippen LogP contribution in [0.1, 0.15) is 44.9 Å². The van der Waals surface area contributed by atoms with E-state index in [1.165, 1.54) is 16.6 Å². The van der Waals surface area contributed by atoms with E-state index in [0.29, 0.717) is 11.5 Å². The van der Waals surface area contributed by atoms with Gasteiger partial charge in [0.2, 0.25) is 0 Å². The Balaban J connectivity index is 1.52. The number of thiazole rings is 1. The number of nitrogens with zero attached hydrogens (tertiary/aromatic N) is 2. The second-order valence-electron chi connectivity index (χ2n) is 6.77. The van der Waals surface area contributed by atoms with Gasteiger partial charge in [-0.1, -0.05) is 29.8 Å². The predicted molar refractivity (Wildman–Crippen MR) is 103 cm³/mol. The zero-order valence-electron chi connectivity index (χ0n) is 14.7. The number of amides is 1. The van der Waals surface area contributed by atoms with Crippen molar-refractivity contribution in [2.24, 2.45) is 0 Å². The Labute approximate surface area is 155 Å². The average molecular weight is 367 g/mol. The zero-order valence-corrected chi connectivity index (χ0v) is 15.6. The van der Waals surface area contributed by atoms with E-state index in [1.807, 2.05) is 6.92 Å². The third-order valence-corrected chi connectivity index (χ3v) is 6.02. The van der Waals surface area contributed by atoms with Crippen molar-refractivity contribution < 1.29 is 4.79 Å². The number of aryl methyl sites for hydroxylation is 3. The Morgan fingerprint density at radius 2 is 2.00 bits per heavy atom. The molecule has 0 spiro atoms. The second-order valence-corrected chi connectivity index (χ2v) is 7.83. The molecule has 2 aromatic heterocycles. The Kier molecular flexibility index (Phi) is 4.59. The summed E-state index contributed by atoms with van der Waals surface area (Å²) in [6.07, 6.45) is 6.27. The van der Waals surface area contributed by atoms with Crippen LogP contribution >= 0.6 is 11.3 Å². The minimum atomic E-state index is -0.347. The van der Waals surface area contributed by atoms with Crippen molar-refractivity contribution in [2.45, 2.75) is 39.0 Å². The van der Waals surface area contributed by atoms with E-state index in [4.69, 9.17) is 0 Å². The van der Waals surface area contributed by atoms with Crippen LogP contribution in [0.4, 0.5) is 0 Å². The minimum Gasteiger partial charge on any atom is -0.351 e. The van der Waals surface area contributed by atoms with Gasteiger partial charge >= 0.3 is 0 Å². The Bertz CT molecular complexity index is 1020. The summed E-state index contributed by atoms with van der Waals surface area (Å²) in [7, 11) is 0. The van der Waals surface area contributed by atoms with Crippen LogP contribution in [0.3, 0.4) is 0 Å². The van der Waals surface area contributed by atoms with Gasteiger partial charge in [0.25, 0.3) is 11.5 Å². The van der Waals surface area contributed by atoms with Gasteiger partial charge < -0.3 is 5.32 Å². The molecule has 1 aliphatic rings. The molecule has 134 valence electrons. The summed E-state index contributed by atoms with van der Waals surface area (Å²) in [6, 6.07) is 8.23. The maximum absolute atomic E-state index is 12.8. The van der Waals surface area contributed by atoms with Crippen molar-refractivity contribution in [2.75, 3.05) is 6.54 Å². The van der Waals surface area contributed by atoms with Gasteiger partial charge in [-0.3, -0.25) is 14.0 Å². The molecule has 0 fully saturated rings. The van der Waals surface area contributed by atoms with E-state index < -0.39 is 0 Å². The Hall–Kier alpha value is -2.47. The van der Waals surface area contributed by atoms with E-state index in [0.717, 1.165) is 43.4 Å². The predicted octanol–water partition coefficient (Wildman–Crippen LogP) is 2.92. The van der Waals surface area contributed by atoms with Gasteiger partial charge in [0.05, 0.1) is 0 Å². The smallest absolute Gasteiger partial charge is 0.271 e. The van der Waals surface area contributed by atoms with Crippen molar-refractivity contribution >= 4 is 22.2 Å². The van der Waals surface area contributed by atoms with Crippen molar-refractivity contribution in [3.8, 4) is 0 Å². The molecular formula is C20H21N3O2S. The summed E-state index contributed by atoms with van der Waals surface area (Å²) in [5, 5.41) is 2.85. The first-order valence-corrected chi connectivity index (χ1v) is 9.81. The molecular weight excluding hydrogens is 346 g/mol. The number of carbonyl (C=O) groups excluding carboxylic acids is 1. The maximum atomic E-state index is 12.8. The lowest BCUT2D eigenvalue weighted by molar-refractivity contribution is 0.0952. The lowest BCUT2D eigenvalue weighted by atomic mass is 10.0. The summed E-state index contributed by atoms with van der Waals surface area (Å²) in [6.45, 7) is 2.54. The van der Waals surface area contributed by atoms with E-state index in [1.54, 1.807) is 15.7 Å². The largest absolute Gasteiger partial charge is 0.351 e. The van der Waals surface area contributed by atoms with Gasteiger partial charge in [0.15, 0.2) is 4.96 Å². The lowest BCUT2D eigenvalue weighted by Gasteiger charge is -2.10. The summed E-state index contributed by atoms with van der Waals surface area (Å²) in [5.41, 5.74) is 3.29. The molecule has 1 amide bonds. The van der Waals surface area contributed by atoms with Gasteiger partial charge in [-0.25, -0.2) is 4.98 Å². The molecule has 0 saturated carbocycles. The fourth-order valence-corrected chi connectivity index (χ4v) is 4.56. The number of hydrogen-bond acceptors (Lipinski definition) is 4. The topological polar surface area (TPSA) is 63.5 Å². The van der Waals surface area contributed by atoms with Gasteiger partial charge in [-0.05, 0) is 44.6 Å². The first kappa shape index (κ1) is 17.0. The fourth-order valence-electron chi connectivity index (χ4n) is 3.39. The van der Waals surface area contributed by atoms with Crippen LogP contribution in [0.15, 0.2) is 35.3 Å². The Morgan fingerprint density at radius 1 is 1.23 bits per heavy atom. The molecule has 26 heavy (non-hydrogen) atoms. The molecule has 0 unspecified atom stereocenters. The number of nitrogens with one attached hydrogen (secondary N) is 1. The molecule has 0 atom stereocenters. The third kappa shape index (κ3) is 3.17. The highest BCUT2D eigenvalue weighted by atomic mass is 32.1. The molecule has 1 aliphatic carbocycles. The normalized spacial score (nSPS) is 13.6. The number of aromatic nitrogens is 2. The van der Waals surface area contributed by atoms with Gasteiger partial charge in [-0.2, -0.15) is 0 Å². The number of benzene rings is 1. The summed E-state index contributed by atoms with van der Waals surface area (Å²) >= 11 is 1.57. The van der Waals surface area contributed by atoms with Gasteiger partial charge in [0.1, 0.15) is 5.56 Å². The SMILES string of the molecule is Cc1ccc(CCNC(=O)c2cnc3sc4c(n3c2=O)CCCC4)cc1. The average Bonchev–Trinajstić information content (AvgIpc) is 3.03. The van der Waals surface area contributed by atoms with Crippen LogP contribution < -0.4 is 10.9 Å². The third-order valence-electron chi connectivity index (χ3n) is 4.87. The lowest BCUT2D eigenvalue weighted by Crippen LogP contribution is -2.33. The number of fused-ring (bicyclic) bond motifs is 3. The molecule has 2 heterocycles. The highest BCUT2D eigenvalue weighted by molar-refractivity contribution is 7.17. The van der Waals surface area contributed by atoms with Crippen LogP contribution in [-0.4, -0.2) is 21.8 Å². The molecule has 0 saturated heterocycles. The van der Waals surface area contributed by atoms with Crippen molar-refractivity contribution in [1.29, 1.82) is 0 Å². The fraction of sp³-hybridized carbons (Fsp3) is 0.350. The zero-order chi connectivity index (χ0) is 18.1. The van der Waals surface area contributed by atoms with Gasteiger partial charge in [0, 0.05) is 23.3 Å². The van der Waals surface area contributed by atoms with Crippen LogP contribution in [-0.2, 0) is 19.3 Å². The molecule has 1 N–H and O–H groups in total. The molecule has 6 heteroatoms. The number of carbonyl (C=O) groups is 1. The highest BCUT2D eigenvalue weighted by Crippen LogP contribution is 2.28. The quantitative estimate of drug-likeness (QED) is 0.771. The van der Waals surface area contributed by atoms with Crippen molar-refractivity contribution in [3.05, 3.63) is 68.1 Å². The molecule has 3 aromatic rings. The molecule has 0 aliphatic heterocycles. The molecule has 5 nitrogen and oxygen atoms in total. The van der Waals surface area contributed by atoms with E-state index in [-0.39, 0.29) is 17.0 Å². The van der Waals surface area contributed by atoms with Gasteiger partial charge in [-0.15, -0.1) is 11.3 Å². The molecule has 1 aromatic carbocycles.